The maximum Gasteiger partial charge on any atom is 0.298 e. The van der Waals surface area contributed by atoms with E-state index in [-0.39, 0.29) is 23.5 Å². The zero-order valence-corrected chi connectivity index (χ0v) is 12.9. The van der Waals surface area contributed by atoms with Crippen molar-refractivity contribution >= 4 is 23.0 Å². The number of carbonyl (C=O) groups excluding carboxylic acids is 1. The number of nitrogens with one attached hydrogen (secondary N) is 1. The summed E-state index contributed by atoms with van der Waals surface area (Å²) in [6.07, 6.45) is 3.33. The van der Waals surface area contributed by atoms with E-state index in [1.807, 2.05) is 4.90 Å². The van der Waals surface area contributed by atoms with Gasteiger partial charge in [-0.25, -0.2) is 9.07 Å². The van der Waals surface area contributed by atoms with Gasteiger partial charge in [0.1, 0.15) is 5.52 Å². The summed E-state index contributed by atoms with van der Waals surface area (Å²) in [4.78, 5) is 17.6. The molecule has 24 heavy (non-hydrogen) atoms. The predicted octanol–water partition coefficient (Wildman–Crippen LogP) is 1.12. The molecule has 0 saturated carbocycles. The van der Waals surface area contributed by atoms with E-state index in [0.717, 1.165) is 0 Å². The predicted molar refractivity (Wildman–Crippen MR) is 82.8 cm³/mol. The molecule has 3 heterocycles. The van der Waals surface area contributed by atoms with Crippen molar-refractivity contribution in [1.29, 1.82) is 0 Å². The van der Waals surface area contributed by atoms with Crippen LogP contribution in [-0.4, -0.2) is 45.0 Å². The van der Waals surface area contributed by atoms with E-state index < -0.39 is 5.82 Å². The number of oxazole rings is 1. The van der Waals surface area contributed by atoms with E-state index in [4.69, 9.17) is 4.42 Å². The fourth-order valence-corrected chi connectivity index (χ4v) is 3.05. The number of hydrogen-bond donors (Lipinski definition) is 1. The quantitative estimate of drug-likeness (QED) is 0.774. The minimum Gasteiger partial charge on any atom is -0.423 e. The van der Waals surface area contributed by atoms with Gasteiger partial charge in [0, 0.05) is 26.2 Å². The van der Waals surface area contributed by atoms with Crippen LogP contribution >= 0.6 is 0 Å². The van der Waals surface area contributed by atoms with Gasteiger partial charge in [-0.2, -0.15) is 4.98 Å². The normalized spacial score (nSPS) is 20.7. The third kappa shape index (κ3) is 2.47. The van der Waals surface area contributed by atoms with Gasteiger partial charge in [0.2, 0.25) is 5.91 Å². The molecule has 0 bridgehead atoms. The first kappa shape index (κ1) is 14.6. The molecular weight excluding hydrogens is 315 g/mol. The van der Waals surface area contributed by atoms with E-state index >= 15 is 0 Å². The van der Waals surface area contributed by atoms with Crippen molar-refractivity contribution < 1.29 is 13.6 Å². The van der Waals surface area contributed by atoms with Gasteiger partial charge in [-0.3, -0.25) is 4.79 Å². The molecule has 4 rings (SSSR count). The molecule has 1 aromatic carbocycles. The monoisotopic (exact) mass is 330 g/mol. The van der Waals surface area contributed by atoms with Crippen molar-refractivity contribution in [1.82, 2.24) is 25.3 Å². The average Bonchev–Trinajstić information content (AvgIpc) is 3.25. The molecule has 0 aliphatic carbocycles. The number of nitrogens with zero attached hydrogens (tertiary/aromatic N) is 5. The number of para-hydroxylation sites is 1. The molecule has 3 aromatic rings. The number of benzene rings is 1. The summed E-state index contributed by atoms with van der Waals surface area (Å²) in [6, 6.07) is 4.63. The first-order chi connectivity index (χ1) is 11.6. The van der Waals surface area contributed by atoms with Crippen LogP contribution in [-0.2, 0) is 4.79 Å². The third-order valence-electron chi connectivity index (χ3n) is 4.09. The largest absolute Gasteiger partial charge is 0.423 e. The van der Waals surface area contributed by atoms with Crippen LogP contribution in [0.1, 0.15) is 13.0 Å². The zero-order valence-electron chi connectivity index (χ0n) is 12.9. The summed E-state index contributed by atoms with van der Waals surface area (Å²) in [5, 5.41) is 10.7. The van der Waals surface area contributed by atoms with Crippen LogP contribution in [0.4, 0.5) is 10.4 Å². The van der Waals surface area contributed by atoms with E-state index in [1.54, 1.807) is 29.2 Å². The molecule has 9 heteroatoms. The second kappa shape index (κ2) is 5.59. The Labute approximate surface area is 136 Å². The Balaban J connectivity index is 1.65. The number of halogens is 1. The molecule has 1 N–H and O–H groups in total. The lowest BCUT2D eigenvalue weighted by Gasteiger charge is -2.18. The number of anilines is 1. The van der Waals surface area contributed by atoms with Crippen molar-refractivity contribution in [2.24, 2.45) is 0 Å². The number of rotatable bonds is 3. The first-order valence-electron chi connectivity index (χ1n) is 7.55. The van der Waals surface area contributed by atoms with Gasteiger partial charge in [0.05, 0.1) is 18.3 Å². The highest BCUT2D eigenvalue weighted by atomic mass is 19.1. The standard InChI is InChI=1S/C15H15FN6O2/c1-9(23)18-11-7-21(8-12(11)22-6-5-17-20-22)15-19-14-10(16)3-2-4-13(14)24-15/h2-6,11-12H,7-8H2,1H3,(H,18,23)/t11-,12+/m1/s1. The van der Waals surface area contributed by atoms with Crippen LogP contribution in [0, 0.1) is 5.82 Å². The van der Waals surface area contributed by atoms with Gasteiger partial charge in [-0.1, -0.05) is 11.3 Å². The van der Waals surface area contributed by atoms with E-state index in [2.05, 4.69) is 20.6 Å². The highest BCUT2D eigenvalue weighted by molar-refractivity contribution is 5.75. The van der Waals surface area contributed by atoms with Crippen molar-refractivity contribution in [2.75, 3.05) is 18.0 Å². The third-order valence-corrected chi connectivity index (χ3v) is 4.09. The Morgan fingerprint density at radius 3 is 3.00 bits per heavy atom. The summed E-state index contributed by atoms with van der Waals surface area (Å²) in [7, 11) is 0. The molecule has 0 spiro atoms. The maximum atomic E-state index is 13.8. The Morgan fingerprint density at radius 2 is 2.29 bits per heavy atom. The van der Waals surface area contributed by atoms with Crippen LogP contribution in [0.15, 0.2) is 35.0 Å². The number of hydrogen-bond acceptors (Lipinski definition) is 6. The fraction of sp³-hybridized carbons (Fsp3) is 0.333. The highest BCUT2D eigenvalue weighted by Crippen LogP contribution is 2.29. The Bertz CT molecular complexity index is 877. The SMILES string of the molecule is CC(=O)N[C@@H]1CN(c2nc3c(F)cccc3o2)C[C@@H]1n1ccnn1. The number of carbonyl (C=O) groups is 1. The smallest absolute Gasteiger partial charge is 0.298 e. The van der Waals surface area contributed by atoms with Crippen molar-refractivity contribution in [3.05, 3.63) is 36.4 Å². The van der Waals surface area contributed by atoms with Gasteiger partial charge >= 0.3 is 0 Å². The molecular formula is C15H15FN6O2. The molecule has 2 atom stereocenters. The van der Waals surface area contributed by atoms with Gasteiger partial charge in [-0.05, 0) is 12.1 Å². The summed E-state index contributed by atoms with van der Waals surface area (Å²) < 4.78 is 21.2. The second-order valence-corrected chi connectivity index (χ2v) is 5.75. The molecule has 0 unspecified atom stereocenters. The number of aromatic nitrogens is 4. The molecule has 1 amide bonds. The Kier molecular flexibility index (Phi) is 3.40. The number of fused-ring (bicyclic) bond motifs is 1. The van der Waals surface area contributed by atoms with Gasteiger partial charge in [0.15, 0.2) is 11.4 Å². The van der Waals surface area contributed by atoms with Gasteiger partial charge in [-0.15, -0.1) is 5.10 Å². The summed E-state index contributed by atoms with van der Waals surface area (Å²) in [5.41, 5.74) is 0.595. The van der Waals surface area contributed by atoms with Crippen LogP contribution in [0.5, 0.6) is 0 Å². The summed E-state index contributed by atoms with van der Waals surface area (Å²) in [5.74, 6) is -0.552. The molecule has 1 aliphatic rings. The Hall–Kier alpha value is -2.97. The Morgan fingerprint density at radius 1 is 1.42 bits per heavy atom. The maximum absolute atomic E-state index is 13.8. The average molecular weight is 330 g/mol. The lowest BCUT2D eigenvalue weighted by atomic mass is 10.2. The van der Waals surface area contributed by atoms with E-state index in [0.29, 0.717) is 24.7 Å². The summed E-state index contributed by atoms with van der Waals surface area (Å²) in [6.45, 7) is 2.47. The van der Waals surface area contributed by atoms with Crippen LogP contribution in [0.2, 0.25) is 0 Å². The second-order valence-electron chi connectivity index (χ2n) is 5.75. The van der Waals surface area contributed by atoms with Crippen LogP contribution in [0.25, 0.3) is 11.1 Å². The molecule has 2 aromatic heterocycles. The van der Waals surface area contributed by atoms with E-state index in [1.165, 1.54) is 13.0 Å². The zero-order chi connectivity index (χ0) is 16.7. The molecule has 0 radical (unpaired) electrons. The first-order valence-corrected chi connectivity index (χ1v) is 7.55. The lowest BCUT2D eigenvalue weighted by molar-refractivity contribution is -0.119. The molecule has 1 saturated heterocycles. The van der Waals surface area contributed by atoms with Crippen molar-refractivity contribution in [3.8, 4) is 0 Å². The lowest BCUT2D eigenvalue weighted by Crippen LogP contribution is -2.40. The van der Waals surface area contributed by atoms with Crippen LogP contribution in [0.3, 0.4) is 0 Å². The minimum atomic E-state index is -0.423. The minimum absolute atomic E-state index is 0.115. The molecule has 1 aliphatic heterocycles. The van der Waals surface area contributed by atoms with Gasteiger partial charge in [0.25, 0.3) is 6.01 Å². The van der Waals surface area contributed by atoms with Crippen molar-refractivity contribution in [3.63, 3.8) is 0 Å². The highest BCUT2D eigenvalue weighted by Gasteiger charge is 2.37. The molecule has 124 valence electrons. The molecule has 1 fully saturated rings. The van der Waals surface area contributed by atoms with E-state index in [9.17, 15) is 9.18 Å². The fourth-order valence-electron chi connectivity index (χ4n) is 3.05. The molecule has 8 nitrogen and oxygen atoms in total. The van der Waals surface area contributed by atoms with Gasteiger partial charge < -0.3 is 14.6 Å². The van der Waals surface area contributed by atoms with Crippen LogP contribution < -0.4 is 10.2 Å². The topological polar surface area (TPSA) is 89.1 Å². The van der Waals surface area contributed by atoms with Crippen molar-refractivity contribution in [2.45, 2.75) is 19.0 Å². The summed E-state index contributed by atoms with van der Waals surface area (Å²) >= 11 is 0. The number of amides is 1.